The zero-order valence-corrected chi connectivity index (χ0v) is 21.0. The first kappa shape index (κ1) is 25.0. The van der Waals surface area contributed by atoms with Crippen LogP contribution in [0.25, 0.3) is 6.08 Å². The van der Waals surface area contributed by atoms with E-state index >= 15 is 0 Å². The highest BCUT2D eigenvalue weighted by Gasteiger charge is 2.36. The average molecular weight is 584 g/mol. The highest BCUT2D eigenvalue weighted by molar-refractivity contribution is 14.1. The van der Waals surface area contributed by atoms with E-state index in [0.29, 0.717) is 36.0 Å². The van der Waals surface area contributed by atoms with Crippen LogP contribution >= 0.6 is 34.4 Å². The van der Waals surface area contributed by atoms with E-state index in [2.05, 4.69) is 27.9 Å². The number of ether oxygens (including phenoxy) is 2. The van der Waals surface area contributed by atoms with Gasteiger partial charge in [0.15, 0.2) is 11.5 Å². The number of hydrogen-bond donors (Lipinski definition) is 1. The maximum Gasteiger partial charge on any atom is 0.294 e. The average Bonchev–Trinajstić information content (AvgIpc) is 3.02. The molecular formula is C23H22FIN2O5S. The van der Waals surface area contributed by atoms with Gasteiger partial charge in [-0.25, -0.2) is 4.39 Å². The SMILES string of the molecule is CCCOc1c(I)cc(/C=C2\SC(=O)N(CC(=O)Nc3ccc(F)cc3)C2=O)cc1OCC. The molecule has 3 rings (SSSR count). The lowest BCUT2D eigenvalue weighted by Crippen LogP contribution is -2.36. The van der Waals surface area contributed by atoms with E-state index in [-0.39, 0.29) is 4.91 Å². The van der Waals surface area contributed by atoms with E-state index in [1.165, 1.54) is 24.3 Å². The molecule has 1 aliphatic rings. The molecule has 174 valence electrons. The zero-order valence-electron chi connectivity index (χ0n) is 18.0. The van der Waals surface area contributed by atoms with Crippen LogP contribution in [0.4, 0.5) is 14.9 Å². The molecule has 0 atom stereocenters. The number of nitrogens with one attached hydrogen (secondary N) is 1. The number of carbonyl (C=O) groups excluding carboxylic acids is 3. The second-order valence-electron chi connectivity index (χ2n) is 6.93. The highest BCUT2D eigenvalue weighted by atomic mass is 127. The lowest BCUT2D eigenvalue weighted by molar-refractivity contribution is -0.127. The van der Waals surface area contributed by atoms with Gasteiger partial charge in [0.1, 0.15) is 12.4 Å². The van der Waals surface area contributed by atoms with Crippen LogP contribution in [0.5, 0.6) is 11.5 Å². The number of hydrogen-bond acceptors (Lipinski definition) is 6. The summed E-state index contributed by atoms with van der Waals surface area (Å²) in [6.07, 6.45) is 2.45. The van der Waals surface area contributed by atoms with Gasteiger partial charge in [-0.05, 0) is 95.7 Å². The van der Waals surface area contributed by atoms with Crippen molar-refractivity contribution in [3.8, 4) is 11.5 Å². The monoisotopic (exact) mass is 584 g/mol. The summed E-state index contributed by atoms with van der Waals surface area (Å²) in [5.74, 6) is -0.352. The highest BCUT2D eigenvalue weighted by Crippen LogP contribution is 2.37. The minimum atomic E-state index is -0.559. The van der Waals surface area contributed by atoms with Crippen molar-refractivity contribution >= 4 is 63.2 Å². The van der Waals surface area contributed by atoms with Gasteiger partial charge in [-0.2, -0.15) is 0 Å². The van der Waals surface area contributed by atoms with Gasteiger partial charge < -0.3 is 14.8 Å². The molecule has 3 amide bonds. The van der Waals surface area contributed by atoms with Crippen molar-refractivity contribution in [3.63, 3.8) is 0 Å². The summed E-state index contributed by atoms with van der Waals surface area (Å²) in [5.41, 5.74) is 1.04. The first-order chi connectivity index (χ1) is 15.8. The number of amides is 3. The van der Waals surface area contributed by atoms with Gasteiger partial charge >= 0.3 is 0 Å². The largest absolute Gasteiger partial charge is 0.490 e. The van der Waals surface area contributed by atoms with Gasteiger partial charge in [0.2, 0.25) is 5.91 Å². The molecule has 0 aromatic heterocycles. The number of rotatable bonds is 9. The molecule has 0 radical (unpaired) electrons. The Labute approximate surface area is 208 Å². The Bertz CT molecular complexity index is 1090. The fraction of sp³-hybridized carbons (Fsp3) is 0.261. The molecule has 0 saturated carbocycles. The van der Waals surface area contributed by atoms with Crippen molar-refractivity contribution in [1.29, 1.82) is 0 Å². The Morgan fingerprint density at radius 3 is 2.58 bits per heavy atom. The molecular weight excluding hydrogens is 562 g/mol. The van der Waals surface area contributed by atoms with E-state index in [1.807, 2.05) is 19.9 Å². The molecule has 2 aromatic rings. The van der Waals surface area contributed by atoms with Crippen molar-refractivity contribution in [2.75, 3.05) is 25.1 Å². The standard InChI is InChI=1S/C23H22FIN2O5S/c1-3-9-32-21-17(25)10-14(11-18(21)31-4-2)12-19-22(29)27(23(30)33-19)13-20(28)26-16-7-5-15(24)6-8-16/h5-8,10-12H,3-4,9,13H2,1-2H3,(H,26,28)/b19-12-. The van der Waals surface area contributed by atoms with Gasteiger partial charge in [-0.3, -0.25) is 19.3 Å². The summed E-state index contributed by atoms with van der Waals surface area (Å²) in [7, 11) is 0. The second-order valence-corrected chi connectivity index (χ2v) is 9.09. The Hall–Kier alpha value is -2.60. The molecule has 1 N–H and O–H groups in total. The molecule has 1 saturated heterocycles. The number of benzene rings is 2. The minimum absolute atomic E-state index is 0.204. The molecule has 0 aliphatic carbocycles. The number of carbonyl (C=O) groups is 3. The normalized spacial score (nSPS) is 14.7. The van der Waals surface area contributed by atoms with Crippen LogP contribution in [-0.2, 0) is 9.59 Å². The minimum Gasteiger partial charge on any atom is -0.490 e. The van der Waals surface area contributed by atoms with Crippen LogP contribution in [0.2, 0.25) is 0 Å². The zero-order chi connectivity index (χ0) is 24.0. The predicted molar refractivity (Wildman–Crippen MR) is 134 cm³/mol. The molecule has 1 fully saturated rings. The van der Waals surface area contributed by atoms with E-state index in [0.717, 1.165) is 26.7 Å². The summed E-state index contributed by atoms with van der Waals surface area (Å²) in [6, 6.07) is 8.79. The molecule has 0 bridgehead atoms. The fourth-order valence-corrected chi connectivity index (χ4v) is 4.56. The van der Waals surface area contributed by atoms with Crippen LogP contribution < -0.4 is 14.8 Å². The second kappa shape index (κ2) is 11.5. The first-order valence-corrected chi connectivity index (χ1v) is 12.1. The number of nitrogens with zero attached hydrogens (tertiary/aromatic N) is 1. The van der Waals surface area contributed by atoms with Gasteiger partial charge in [-0.1, -0.05) is 6.92 Å². The van der Waals surface area contributed by atoms with E-state index in [1.54, 1.807) is 12.1 Å². The maximum absolute atomic E-state index is 13.0. The first-order valence-electron chi connectivity index (χ1n) is 10.2. The molecule has 10 heteroatoms. The Balaban J connectivity index is 1.75. The van der Waals surface area contributed by atoms with Crippen LogP contribution in [0, 0.1) is 9.39 Å². The van der Waals surface area contributed by atoms with Gasteiger partial charge in [0, 0.05) is 5.69 Å². The molecule has 1 heterocycles. The van der Waals surface area contributed by atoms with Crippen molar-refractivity contribution in [2.45, 2.75) is 20.3 Å². The maximum atomic E-state index is 13.0. The summed E-state index contributed by atoms with van der Waals surface area (Å²) in [4.78, 5) is 38.5. The lowest BCUT2D eigenvalue weighted by Gasteiger charge is -2.14. The number of thioether (sulfide) groups is 1. The third-order valence-electron chi connectivity index (χ3n) is 4.38. The van der Waals surface area contributed by atoms with Crippen molar-refractivity contribution in [3.05, 3.63) is 56.3 Å². The molecule has 0 spiro atoms. The van der Waals surface area contributed by atoms with Crippen LogP contribution in [0.3, 0.4) is 0 Å². The third-order valence-corrected chi connectivity index (χ3v) is 6.09. The molecule has 1 aliphatic heterocycles. The number of halogens is 2. The Kier molecular flexibility index (Phi) is 8.73. The van der Waals surface area contributed by atoms with E-state index in [9.17, 15) is 18.8 Å². The topological polar surface area (TPSA) is 84.9 Å². The molecule has 0 unspecified atom stereocenters. The van der Waals surface area contributed by atoms with Crippen molar-refractivity contribution in [2.24, 2.45) is 0 Å². The summed E-state index contributed by atoms with van der Waals surface area (Å²) < 4.78 is 25.3. The van der Waals surface area contributed by atoms with Gasteiger partial charge in [0.25, 0.3) is 11.1 Å². The number of anilines is 1. The molecule has 2 aromatic carbocycles. The Morgan fingerprint density at radius 2 is 1.91 bits per heavy atom. The summed E-state index contributed by atoms with van der Waals surface area (Å²) in [5, 5.41) is 2.00. The predicted octanol–water partition coefficient (Wildman–Crippen LogP) is 5.29. The third kappa shape index (κ3) is 6.47. The van der Waals surface area contributed by atoms with Crippen LogP contribution in [0.1, 0.15) is 25.8 Å². The fourth-order valence-electron chi connectivity index (χ4n) is 2.94. The smallest absolute Gasteiger partial charge is 0.294 e. The van der Waals surface area contributed by atoms with Gasteiger partial charge in [0.05, 0.1) is 21.7 Å². The van der Waals surface area contributed by atoms with E-state index in [4.69, 9.17) is 9.47 Å². The Morgan fingerprint density at radius 1 is 1.18 bits per heavy atom. The van der Waals surface area contributed by atoms with Crippen molar-refractivity contribution < 1.29 is 28.2 Å². The van der Waals surface area contributed by atoms with Crippen molar-refractivity contribution in [1.82, 2.24) is 4.90 Å². The van der Waals surface area contributed by atoms with Crippen LogP contribution in [0.15, 0.2) is 41.3 Å². The summed E-state index contributed by atoms with van der Waals surface area (Å²) in [6.45, 7) is 4.43. The van der Waals surface area contributed by atoms with Gasteiger partial charge in [-0.15, -0.1) is 0 Å². The number of imide groups is 1. The summed E-state index contributed by atoms with van der Waals surface area (Å²) >= 11 is 2.90. The van der Waals surface area contributed by atoms with E-state index < -0.39 is 29.4 Å². The quantitative estimate of drug-likeness (QED) is 0.319. The van der Waals surface area contributed by atoms with Crippen LogP contribution in [-0.4, -0.2) is 41.7 Å². The lowest BCUT2D eigenvalue weighted by atomic mass is 10.2. The molecule has 7 nitrogen and oxygen atoms in total. The molecule has 33 heavy (non-hydrogen) atoms.